The minimum Gasteiger partial charge on any atom is -0.494 e. The molecule has 0 aliphatic heterocycles. The third kappa shape index (κ3) is 5.42. The molecule has 3 rings (SSSR count). The first-order chi connectivity index (χ1) is 14.6. The summed E-state index contributed by atoms with van der Waals surface area (Å²) in [6.07, 6.45) is 9.38. The Morgan fingerprint density at radius 3 is 2.13 bits per heavy atom. The van der Waals surface area contributed by atoms with Crippen molar-refractivity contribution in [2.45, 2.75) is 38.3 Å². The first-order valence-electron chi connectivity index (χ1n) is 10.2. The van der Waals surface area contributed by atoms with Crippen LogP contribution in [-0.4, -0.2) is 22.5 Å². The number of unbranched alkanes of at least 4 members (excludes halogenated alkanes) is 1. The first-order valence-corrected chi connectivity index (χ1v) is 10.2. The number of rotatable bonds is 11. The first kappa shape index (κ1) is 21.5. The zero-order valence-electron chi connectivity index (χ0n) is 17.3. The maximum Gasteiger partial charge on any atom is 0.242 e. The number of hydrogen-bond donors (Lipinski definition) is 2. The Balaban J connectivity index is 1.91. The van der Waals surface area contributed by atoms with Gasteiger partial charge < -0.3 is 10.5 Å². The second-order valence-electron chi connectivity index (χ2n) is 7.24. The van der Waals surface area contributed by atoms with Crippen LogP contribution in [0.25, 0.3) is 0 Å². The number of nitrogens with two attached hydrogens (primary N) is 1. The van der Waals surface area contributed by atoms with E-state index in [1.807, 2.05) is 48.5 Å². The van der Waals surface area contributed by atoms with Crippen LogP contribution < -0.4 is 15.8 Å². The van der Waals surface area contributed by atoms with Crippen LogP contribution >= 0.6 is 0 Å². The lowest BCUT2D eigenvalue weighted by molar-refractivity contribution is -0.125. The molecular weight excluding hydrogens is 376 g/mol. The summed E-state index contributed by atoms with van der Waals surface area (Å²) < 4.78 is 5.77. The second kappa shape index (κ2) is 10.5. The molecule has 0 spiro atoms. The molecule has 1 amide bonds. The van der Waals surface area contributed by atoms with E-state index < -0.39 is 11.4 Å². The molecule has 3 aromatic rings. The van der Waals surface area contributed by atoms with Crippen molar-refractivity contribution in [2.75, 3.05) is 6.61 Å². The lowest BCUT2D eigenvalue weighted by atomic mass is 9.83. The Morgan fingerprint density at radius 2 is 1.57 bits per heavy atom. The normalized spacial score (nSPS) is 12.8. The van der Waals surface area contributed by atoms with E-state index in [-0.39, 0.29) is 0 Å². The van der Waals surface area contributed by atoms with Crippen molar-refractivity contribution >= 4 is 5.91 Å². The smallest absolute Gasteiger partial charge is 0.242 e. The number of hydrogen-bond acceptors (Lipinski definition) is 5. The maximum atomic E-state index is 12.8. The van der Waals surface area contributed by atoms with Gasteiger partial charge in [-0.05, 0) is 59.5 Å². The van der Waals surface area contributed by atoms with Gasteiger partial charge in [-0.3, -0.25) is 20.1 Å². The van der Waals surface area contributed by atoms with Crippen molar-refractivity contribution < 1.29 is 9.53 Å². The van der Waals surface area contributed by atoms with Gasteiger partial charge in [0, 0.05) is 37.8 Å². The number of pyridine rings is 2. The summed E-state index contributed by atoms with van der Waals surface area (Å²) in [6.45, 7) is 3.28. The van der Waals surface area contributed by atoms with Crippen molar-refractivity contribution in [1.82, 2.24) is 15.3 Å². The molecule has 0 fully saturated rings. The summed E-state index contributed by atoms with van der Waals surface area (Å²) in [5, 5.41) is 3.42. The minimum absolute atomic E-state index is 0.409. The molecule has 0 aliphatic rings. The number of amides is 1. The van der Waals surface area contributed by atoms with Gasteiger partial charge in [-0.25, -0.2) is 0 Å². The molecule has 1 unspecified atom stereocenters. The van der Waals surface area contributed by atoms with E-state index in [9.17, 15) is 4.79 Å². The Labute approximate surface area is 177 Å². The monoisotopic (exact) mass is 404 g/mol. The maximum absolute atomic E-state index is 12.8. The zero-order chi connectivity index (χ0) is 21.2. The van der Waals surface area contributed by atoms with Crippen molar-refractivity contribution in [3.05, 3.63) is 90.0 Å². The van der Waals surface area contributed by atoms with E-state index in [0.717, 1.165) is 35.3 Å². The van der Waals surface area contributed by atoms with Crippen LogP contribution in [0.5, 0.6) is 5.75 Å². The summed E-state index contributed by atoms with van der Waals surface area (Å²) in [7, 11) is 0. The summed E-state index contributed by atoms with van der Waals surface area (Å²) in [5.41, 5.74) is 7.69. The molecule has 30 heavy (non-hydrogen) atoms. The molecule has 6 nitrogen and oxygen atoms in total. The highest BCUT2D eigenvalue weighted by Crippen LogP contribution is 2.28. The summed E-state index contributed by atoms with van der Waals surface area (Å²) in [6, 6.07) is 15.2. The third-order valence-electron chi connectivity index (χ3n) is 5.10. The van der Waals surface area contributed by atoms with Crippen LogP contribution in [0.4, 0.5) is 0 Å². The Morgan fingerprint density at radius 1 is 0.967 bits per heavy atom. The van der Waals surface area contributed by atoms with Crippen LogP contribution in [0.15, 0.2) is 73.3 Å². The van der Waals surface area contributed by atoms with Gasteiger partial charge in [0.05, 0.1) is 6.61 Å². The molecule has 0 radical (unpaired) electrons. The Kier molecular flexibility index (Phi) is 7.51. The zero-order valence-corrected chi connectivity index (χ0v) is 17.3. The molecule has 1 atom stereocenters. The fourth-order valence-corrected chi connectivity index (χ4v) is 3.31. The predicted octanol–water partition coefficient (Wildman–Crippen LogP) is 3.37. The van der Waals surface area contributed by atoms with Gasteiger partial charge in [-0.1, -0.05) is 25.5 Å². The number of nitrogens with one attached hydrogen (secondary N) is 1. The van der Waals surface area contributed by atoms with Crippen molar-refractivity contribution in [2.24, 2.45) is 5.73 Å². The van der Waals surface area contributed by atoms with Gasteiger partial charge in [0.15, 0.2) is 0 Å². The fraction of sp³-hybridized carbons (Fsp3) is 0.292. The van der Waals surface area contributed by atoms with Gasteiger partial charge in [0.1, 0.15) is 11.3 Å². The molecule has 2 aromatic heterocycles. The lowest BCUT2D eigenvalue weighted by Crippen LogP contribution is -2.54. The number of carbonyl (C=O) groups is 1. The molecule has 6 heteroatoms. The fourth-order valence-electron chi connectivity index (χ4n) is 3.31. The molecule has 3 N–H and O–H groups in total. The van der Waals surface area contributed by atoms with Crippen LogP contribution in [0.3, 0.4) is 0 Å². The van der Waals surface area contributed by atoms with E-state index in [1.54, 1.807) is 24.8 Å². The quantitative estimate of drug-likeness (QED) is 0.478. The molecule has 156 valence electrons. The van der Waals surface area contributed by atoms with Crippen molar-refractivity contribution in [3.63, 3.8) is 0 Å². The molecule has 0 bridgehead atoms. The average molecular weight is 405 g/mol. The Hall–Kier alpha value is -3.25. The summed E-state index contributed by atoms with van der Waals surface area (Å²) in [4.78, 5) is 21.0. The van der Waals surface area contributed by atoms with Gasteiger partial charge in [-0.15, -0.1) is 0 Å². The highest BCUT2D eigenvalue weighted by atomic mass is 16.5. The molecule has 0 aliphatic carbocycles. The minimum atomic E-state index is -1.08. The van der Waals surface area contributed by atoms with E-state index in [1.165, 1.54) is 0 Å². The van der Waals surface area contributed by atoms with Crippen LogP contribution in [0.2, 0.25) is 0 Å². The average Bonchev–Trinajstić information content (AvgIpc) is 2.78. The highest BCUT2D eigenvalue weighted by molar-refractivity contribution is 5.86. The lowest BCUT2D eigenvalue weighted by Gasteiger charge is -2.33. The number of benzene rings is 1. The van der Waals surface area contributed by atoms with Gasteiger partial charge in [0.25, 0.3) is 0 Å². The molecule has 1 aromatic carbocycles. The summed E-state index contributed by atoms with van der Waals surface area (Å²) in [5.74, 6) is 0.344. The van der Waals surface area contributed by atoms with E-state index in [4.69, 9.17) is 10.5 Å². The third-order valence-corrected chi connectivity index (χ3v) is 5.10. The van der Waals surface area contributed by atoms with Gasteiger partial charge >= 0.3 is 0 Å². The van der Waals surface area contributed by atoms with Crippen molar-refractivity contribution in [1.29, 1.82) is 0 Å². The largest absolute Gasteiger partial charge is 0.494 e. The number of nitrogens with zero attached hydrogens (tertiary/aromatic N) is 2. The van der Waals surface area contributed by atoms with Gasteiger partial charge in [0.2, 0.25) is 5.91 Å². The number of ether oxygens (including phenoxy) is 1. The van der Waals surface area contributed by atoms with Gasteiger partial charge in [-0.2, -0.15) is 0 Å². The summed E-state index contributed by atoms with van der Waals surface area (Å²) >= 11 is 0. The highest BCUT2D eigenvalue weighted by Gasteiger charge is 2.38. The van der Waals surface area contributed by atoms with Crippen LogP contribution in [-0.2, 0) is 23.3 Å². The van der Waals surface area contributed by atoms with Crippen LogP contribution in [0, 0.1) is 0 Å². The molecule has 0 saturated carbocycles. The molecule has 2 heterocycles. The topological polar surface area (TPSA) is 90.1 Å². The van der Waals surface area contributed by atoms with Crippen LogP contribution in [0.1, 0.15) is 36.5 Å². The van der Waals surface area contributed by atoms with E-state index in [0.29, 0.717) is 19.6 Å². The second-order valence-corrected chi connectivity index (χ2v) is 7.24. The molecule has 0 saturated heterocycles. The van der Waals surface area contributed by atoms with E-state index in [2.05, 4.69) is 22.2 Å². The predicted molar refractivity (Wildman–Crippen MR) is 117 cm³/mol. The number of aromatic nitrogens is 2. The van der Waals surface area contributed by atoms with Crippen molar-refractivity contribution in [3.8, 4) is 5.75 Å². The Bertz CT molecular complexity index is 917. The number of primary amides is 1. The number of carbonyl (C=O) groups excluding carboxylic acids is 1. The standard InChI is InChI=1S/C24H28N4O2/c1-2-3-16-30-22-6-4-21(5-7-22)24(23(25)29,17-19-8-12-26-13-9-19)28-18-20-10-14-27-15-11-20/h4-15,28H,2-3,16-18H2,1H3,(H2,25,29). The SMILES string of the molecule is CCCCOc1ccc(C(Cc2ccncc2)(NCc2ccncc2)C(N)=O)cc1. The molecular formula is C24H28N4O2. The van der Waals surface area contributed by atoms with E-state index >= 15 is 0 Å².